The zero-order chi connectivity index (χ0) is 41.2. The highest BCUT2D eigenvalue weighted by Gasteiger charge is 2.35. The fourth-order valence-electron chi connectivity index (χ4n) is 9.34. The van der Waals surface area contributed by atoms with Crippen molar-refractivity contribution >= 4 is 32.3 Å². The second-order valence-corrected chi connectivity index (χ2v) is 16.2. The summed E-state index contributed by atoms with van der Waals surface area (Å²) in [6.45, 7) is 4.65. The minimum Gasteiger partial charge on any atom is -0.208 e. The third kappa shape index (κ3) is 5.87. The molecule has 11 rings (SSSR count). The van der Waals surface area contributed by atoms with Crippen molar-refractivity contribution in [1.29, 1.82) is 10.5 Å². The van der Waals surface area contributed by atoms with Gasteiger partial charge >= 0.3 is 0 Å². The van der Waals surface area contributed by atoms with Gasteiger partial charge in [-0.05, 0) is 108 Å². The molecule has 0 bridgehead atoms. The molecule has 5 heteroatoms. The molecule has 0 atom stereocenters. The molecule has 9 aromatic carbocycles. The Labute approximate surface area is 353 Å². The van der Waals surface area contributed by atoms with Crippen molar-refractivity contribution in [2.45, 2.75) is 19.3 Å². The SMILES string of the molecule is CC1(C)c2ccccc2-c2ccc(-c3cc(-c4nc(-c5ccccc5)nc(-c5ccc(-c6cc(C#N)cc(C#N)c6)cc5)n4)c4c5ccccc5c5ccccc5c4c3)cc21. The largest absolute Gasteiger partial charge is 0.208 e. The van der Waals surface area contributed by atoms with Gasteiger partial charge in [0.1, 0.15) is 0 Å². The zero-order valence-electron chi connectivity index (χ0n) is 33.5. The van der Waals surface area contributed by atoms with Crippen LogP contribution >= 0.6 is 0 Å². The summed E-state index contributed by atoms with van der Waals surface area (Å²) in [6, 6.07) is 65.2. The normalized spacial score (nSPS) is 12.5. The molecule has 5 nitrogen and oxygen atoms in total. The van der Waals surface area contributed by atoms with E-state index in [1.807, 2.05) is 54.6 Å². The van der Waals surface area contributed by atoms with E-state index in [0.29, 0.717) is 28.6 Å². The number of benzene rings is 9. The van der Waals surface area contributed by atoms with Gasteiger partial charge in [0.05, 0.1) is 23.3 Å². The van der Waals surface area contributed by atoms with Gasteiger partial charge in [-0.15, -0.1) is 0 Å². The van der Waals surface area contributed by atoms with Gasteiger partial charge in [0.15, 0.2) is 17.5 Å². The van der Waals surface area contributed by atoms with Crippen molar-refractivity contribution in [2.24, 2.45) is 0 Å². The van der Waals surface area contributed by atoms with E-state index < -0.39 is 0 Å². The monoisotopic (exact) mass is 777 g/mol. The van der Waals surface area contributed by atoms with Gasteiger partial charge in [-0.2, -0.15) is 10.5 Å². The lowest BCUT2D eigenvalue weighted by atomic mass is 9.81. The van der Waals surface area contributed by atoms with Crippen LogP contribution in [0.4, 0.5) is 0 Å². The summed E-state index contributed by atoms with van der Waals surface area (Å²) in [4.78, 5) is 15.7. The van der Waals surface area contributed by atoms with E-state index >= 15 is 0 Å². The molecule has 0 N–H and O–H groups in total. The number of hydrogen-bond acceptors (Lipinski definition) is 5. The summed E-state index contributed by atoms with van der Waals surface area (Å²) in [5.41, 5.74) is 12.5. The van der Waals surface area contributed by atoms with Crippen LogP contribution in [0.1, 0.15) is 36.1 Å². The highest BCUT2D eigenvalue weighted by molar-refractivity contribution is 6.28. The van der Waals surface area contributed by atoms with Crippen LogP contribution in [-0.2, 0) is 5.41 Å². The maximum atomic E-state index is 9.63. The van der Waals surface area contributed by atoms with Gasteiger partial charge in [-0.25, -0.2) is 15.0 Å². The predicted octanol–water partition coefficient (Wildman–Crippen LogP) is 13.7. The standard InChI is InChI=1S/C56H35N5/c1-56(2)50-19-11-10-17-45(50)46-25-24-39(31-51(46)56)41-29-48-44-16-7-6-14-42(44)43-15-8-9-18-47(43)52(48)49(30-41)55-60-53(37-12-4-3-5-13-37)59-54(61-55)38-22-20-36(21-23-38)40-27-34(32-57)26-35(28-40)33-58/h3-31H,1-2H3. The van der Waals surface area contributed by atoms with Crippen LogP contribution in [0.25, 0.3) is 99.9 Å². The minimum absolute atomic E-state index is 0.149. The number of hydrogen-bond donors (Lipinski definition) is 0. The Bertz CT molecular complexity index is 3480. The summed E-state index contributed by atoms with van der Waals surface area (Å²) in [6.07, 6.45) is 0. The molecular weight excluding hydrogens is 743 g/mol. The van der Waals surface area contributed by atoms with Crippen LogP contribution in [0.3, 0.4) is 0 Å². The number of aromatic nitrogens is 3. The first-order chi connectivity index (χ1) is 29.9. The number of nitrogens with zero attached hydrogens (tertiary/aromatic N) is 5. The Balaban J connectivity index is 1.17. The summed E-state index contributed by atoms with van der Waals surface area (Å²) in [5, 5.41) is 26.1. The van der Waals surface area contributed by atoms with E-state index in [-0.39, 0.29) is 5.41 Å². The van der Waals surface area contributed by atoms with E-state index in [0.717, 1.165) is 55.1 Å². The zero-order valence-corrected chi connectivity index (χ0v) is 33.5. The lowest BCUT2D eigenvalue weighted by molar-refractivity contribution is 0.660. The number of fused-ring (bicyclic) bond motifs is 9. The van der Waals surface area contributed by atoms with Gasteiger partial charge in [0.25, 0.3) is 0 Å². The molecule has 1 aliphatic carbocycles. The molecule has 0 amide bonds. The number of rotatable bonds is 5. The molecule has 0 spiro atoms. The molecule has 0 aliphatic heterocycles. The van der Waals surface area contributed by atoms with Gasteiger partial charge in [-0.3, -0.25) is 0 Å². The molecule has 284 valence electrons. The first-order valence-corrected chi connectivity index (χ1v) is 20.4. The Hall–Kier alpha value is -8.25. The van der Waals surface area contributed by atoms with Crippen molar-refractivity contribution in [2.75, 3.05) is 0 Å². The minimum atomic E-state index is -0.149. The van der Waals surface area contributed by atoms with Crippen LogP contribution in [0, 0.1) is 22.7 Å². The first kappa shape index (κ1) is 35.9. The molecule has 10 aromatic rings. The third-order valence-corrected chi connectivity index (χ3v) is 12.3. The summed E-state index contributed by atoms with van der Waals surface area (Å²) in [5.74, 6) is 1.69. The highest BCUT2D eigenvalue weighted by atomic mass is 15.0. The van der Waals surface area contributed by atoms with Crippen molar-refractivity contribution in [3.63, 3.8) is 0 Å². The average Bonchev–Trinajstić information content (AvgIpc) is 3.56. The molecule has 1 heterocycles. The van der Waals surface area contributed by atoms with Crippen molar-refractivity contribution < 1.29 is 0 Å². The summed E-state index contributed by atoms with van der Waals surface area (Å²) < 4.78 is 0. The van der Waals surface area contributed by atoms with Crippen molar-refractivity contribution in [3.05, 3.63) is 198 Å². The Morgan fingerprint density at radius 3 is 1.56 bits per heavy atom. The topological polar surface area (TPSA) is 86.2 Å². The highest BCUT2D eigenvalue weighted by Crippen LogP contribution is 2.50. The van der Waals surface area contributed by atoms with Gasteiger partial charge in [-0.1, -0.05) is 153 Å². The maximum absolute atomic E-state index is 9.63. The Morgan fingerprint density at radius 2 is 0.869 bits per heavy atom. The molecule has 1 aliphatic rings. The van der Waals surface area contributed by atoms with E-state index in [1.165, 1.54) is 38.4 Å². The van der Waals surface area contributed by atoms with Crippen LogP contribution in [0.15, 0.2) is 176 Å². The summed E-state index contributed by atoms with van der Waals surface area (Å²) in [7, 11) is 0. The van der Waals surface area contributed by atoms with Crippen LogP contribution in [0.2, 0.25) is 0 Å². The maximum Gasteiger partial charge on any atom is 0.164 e. The van der Waals surface area contributed by atoms with E-state index in [1.54, 1.807) is 18.2 Å². The fraction of sp³-hybridized carbons (Fsp3) is 0.0536. The van der Waals surface area contributed by atoms with Gasteiger partial charge in [0.2, 0.25) is 0 Å². The molecule has 0 saturated heterocycles. The molecule has 0 saturated carbocycles. The second-order valence-electron chi connectivity index (χ2n) is 16.2. The Kier molecular flexibility index (Phi) is 8.20. The van der Waals surface area contributed by atoms with E-state index in [4.69, 9.17) is 15.0 Å². The van der Waals surface area contributed by atoms with Crippen LogP contribution in [0.5, 0.6) is 0 Å². The molecule has 0 radical (unpaired) electrons. The molecular formula is C56H35N5. The summed E-state index contributed by atoms with van der Waals surface area (Å²) >= 11 is 0. The quantitative estimate of drug-likeness (QED) is 0.162. The smallest absolute Gasteiger partial charge is 0.164 e. The predicted molar refractivity (Wildman–Crippen MR) is 247 cm³/mol. The van der Waals surface area contributed by atoms with Crippen molar-refractivity contribution in [1.82, 2.24) is 15.0 Å². The van der Waals surface area contributed by atoms with Crippen molar-refractivity contribution in [3.8, 4) is 79.7 Å². The lowest BCUT2D eigenvalue weighted by Crippen LogP contribution is -2.14. The van der Waals surface area contributed by atoms with Gasteiger partial charge in [0, 0.05) is 27.5 Å². The third-order valence-electron chi connectivity index (χ3n) is 12.3. The number of nitriles is 2. The second kappa shape index (κ2) is 13.9. The molecule has 61 heavy (non-hydrogen) atoms. The first-order valence-electron chi connectivity index (χ1n) is 20.4. The van der Waals surface area contributed by atoms with E-state index in [2.05, 4.69) is 129 Å². The van der Waals surface area contributed by atoms with Crippen LogP contribution in [-0.4, -0.2) is 15.0 Å². The molecule has 0 fully saturated rings. The fourth-order valence-corrected chi connectivity index (χ4v) is 9.34. The molecule has 1 aromatic heterocycles. The average molecular weight is 778 g/mol. The van der Waals surface area contributed by atoms with Crippen LogP contribution < -0.4 is 0 Å². The molecule has 0 unspecified atom stereocenters. The Morgan fingerprint density at radius 1 is 0.361 bits per heavy atom. The lowest BCUT2D eigenvalue weighted by Gasteiger charge is -2.22. The van der Waals surface area contributed by atoms with Gasteiger partial charge < -0.3 is 0 Å². The van der Waals surface area contributed by atoms with E-state index in [9.17, 15) is 10.5 Å².